The number of nitrogens with zero attached hydrogens (tertiary/aromatic N) is 2. The molecule has 1 aromatic carbocycles. The predicted octanol–water partition coefficient (Wildman–Crippen LogP) is 3.92. The van der Waals surface area contributed by atoms with Crippen molar-refractivity contribution in [1.29, 1.82) is 0 Å². The smallest absolute Gasteiger partial charge is 0.223 e. The molecule has 0 atom stereocenters. The van der Waals surface area contributed by atoms with Gasteiger partial charge in [-0.2, -0.15) is 0 Å². The molecule has 3 aromatic rings. The summed E-state index contributed by atoms with van der Waals surface area (Å²) in [5.74, 6) is 0.683. The minimum atomic E-state index is 0.683. The Morgan fingerprint density at radius 1 is 1.21 bits per heavy atom. The molecule has 0 aliphatic heterocycles. The van der Waals surface area contributed by atoms with Crippen LogP contribution in [0.3, 0.4) is 0 Å². The summed E-state index contributed by atoms with van der Waals surface area (Å²) in [6.45, 7) is 5.07. The van der Waals surface area contributed by atoms with Gasteiger partial charge in [-0.3, -0.25) is 0 Å². The van der Waals surface area contributed by atoms with Crippen molar-refractivity contribution in [3.63, 3.8) is 0 Å². The van der Waals surface area contributed by atoms with Crippen molar-refractivity contribution in [3.05, 3.63) is 51.8 Å². The Labute approximate surface area is 116 Å². The summed E-state index contributed by atoms with van der Waals surface area (Å²) in [6.07, 6.45) is 1.86. The SMILES string of the molecule is Cc1cc(CNc2ncc3ccccc3n2)sc1C. The molecule has 0 saturated carbocycles. The maximum atomic E-state index is 4.50. The molecule has 0 bridgehead atoms. The lowest BCUT2D eigenvalue weighted by Crippen LogP contribution is -2.02. The van der Waals surface area contributed by atoms with Gasteiger partial charge < -0.3 is 5.32 Å². The van der Waals surface area contributed by atoms with E-state index in [1.807, 2.05) is 41.8 Å². The van der Waals surface area contributed by atoms with Crippen molar-refractivity contribution in [2.75, 3.05) is 5.32 Å². The summed E-state index contributed by atoms with van der Waals surface area (Å²) in [7, 11) is 0. The standard InChI is InChI=1S/C15H15N3S/c1-10-7-13(19-11(10)2)9-17-15-16-8-12-5-3-4-6-14(12)18-15/h3-8H,9H2,1-2H3,(H,16,17,18). The first-order chi connectivity index (χ1) is 9.22. The van der Waals surface area contributed by atoms with Crippen molar-refractivity contribution in [2.45, 2.75) is 20.4 Å². The van der Waals surface area contributed by atoms with Gasteiger partial charge in [-0.1, -0.05) is 18.2 Å². The van der Waals surface area contributed by atoms with Gasteiger partial charge in [0, 0.05) is 21.3 Å². The van der Waals surface area contributed by atoms with Crippen LogP contribution in [0.5, 0.6) is 0 Å². The Bertz CT molecular complexity index is 699. The van der Waals surface area contributed by atoms with Crippen LogP contribution < -0.4 is 5.32 Å². The number of aromatic nitrogens is 2. The van der Waals surface area contributed by atoms with Gasteiger partial charge in [0.25, 0.3) is 0 Å². The highest BCUT2D eigenvalue weighted by molar-refractivity contribution is 7.12. The largest absolute Gasteiger partial charge is 0.349 e. The van der Waals surface area contributed by atoms with E-state index in [0.29, 0.717) is 5.95 Å². The van der Waals surface area contributed by atoms with E-state index in [2.05, 4.69) is 35.2 Å². The highest BCUT2D eigenvalue weighted by atomic mass is 32.1. The van der Waals surface area contributed by atoms with Crippen LogP contribution in [-0.2, 0) is 6.54 Å². The first-order valence-electron chi connectivity index (χ1n) is 6.24. The van der Waals surface area contributed by atoms with E-state index in [9.17, 15) is 0 Å². The summed E-state index contributed by atoms with van der Waals surface area (Å²) in [4.78, 5) is 11.5. The minimum Gasteiger partial charge on any atom is -0.349 e. The number of benzene rings is 1. The third-order valence-corrected chi connectivity index (χ3v) is 4.28. The molecule has 3 nitrogen and oxygen atoms in total. The number of anilines is 1. The lowest BCUT2D eigenvalue weighted by molar-refractivity contribution is 1.09. The van der Waals surface area contributed by atoms with E-state index in [1.54, 1.807) is 0 Å². The summed E-state index contributed by atoms with van der Waals surface area (Å²) in [6, 6.07) is 10.2. The van der Waals surface area contributed by atoms with Crippen LogP contribution >= 0.6 is 11.3 Å². The van der Waals surface area contributed by atoms with E-state index in [0.717, 1.165) is 17.4 Å². The van der Waals surface area contributed by atoms with Crippen LogP contribution in [0.4, 0.5) is 5.95 Å². The van der Waals surface area contributed by atoms with E-state index < -0.39 is 0 Å². The van der Waals surface area contributed by atoms with Gasteiger partial charge in [0.05, 0.1) is 12.1 Å². The van der Waals surface area contributed by atoms with Crippen molar-refractivity contribution >= 4 is 28.2 Å². The molecule has 3 rings (SSSR count). The second kappa shape index (κ2) is 4.97. The molecule has 0 radical (unpaired) electrons. The second-order valence-electron chi connectivity index (χ2n) is 4.56. The Balaban J connectivity index is 1.78. The van der Waals surface area contributed by atoms with Crippen LogP contribution in [-0.4, -0.2) is 9.97 Å². The summed E-state index contributed by atoms with van der Waals surface area (Å²) in [5, 5.41) is 4.35. The average molecular weight is 269 g/mol. The third-order valence-electron chi connectivity index (χ3n) is 3.13. The zero-order valence-electron chi connectivity index (χ0n) is 11.0. The molecule has 4 heteroatoms. The summed E-state index contributed by atoms with van der Waals surface area (Å²) < 4.78 is 0. The fraction of sp³-hybridized carbons (Fsp3) is 0.200. The zero-order chi connectivity index (χ0) is 13.2. The molecule has 0 fully saturated rings. The van der Waals surface area contributed by atoms with Crippen LogP contribution in [0.25, 0.3) is 10.9 Å². The third kappa shape index (κ3) is 2.58. The van der Waals surface area contributed by atoms with Crippen LogP contribution in [0.1, 0.15) is 15.3 Å². The Hall–Kier alpha value is -1.94. The van der Waals surface area contributed by atoms with E-state index >= 15 is 0 Å². The number of hydrogen-bond acceptors (Lipinski definition) is 4. The molecule has 0 amide bonds. The molecule has 19 heavy (non-hydrogen) atoms. The van der Waals surface area contributed by atoms with Crippen LogP contribution in [0.2, 0.25) is 0 Å². The number of para-hydroxylation sites is 1. The fourth-order valence-electron chi connectivity index (χ4n) is 1.96. The number of hydrogen-bond donors (Lipinski definition) is 1. The maximum Gasteiger partial charge on any atom is 0.223 e. The minimum absolute atomic E-state index is 0.683. The molecule has 0 aliphatic carbocycles. The molecule has 0 aliphatic rings. The normalized spacial score (nSPS) is 10.8. The highest BCUT2D eigenvalue weighted by Gasteiger charge is 2.03. The number of thiophene rings is 1. The Morgan fingerprint density at radius 2 is 2.05 bits per heavy atom. The van der Waals surface area contributed by atoms with Crippen molar-refractivity contribution in [2.24, 2.45) is 0 Å². The van der Waals surface area contributed by atoms with Crippen molar-refractivity contribution in [3.8, 4) is 0 Å². The zero-order valence-corrected chi connectivity index (χ0v) is 11.8. The van der Waals surface area contributed by atoms with Gasteiger partial charge >= 0.3 is 0 Å². The van der Waals surface area contributed by atoms with Gasteiger partial charge in [0.15, 0.2) is 0 Å². The molecular formula is C15H15N3S. The fourth-order valence-corrected chi connectivity index (χ4v) is 2.95. The van der Waals surface area contributed by atoms with Crippen molar-refractivity contribution in [1.82, 2.24) is 9.97 Å². The molecule has 2 aromatic heterocycles. The first kappa shape index (κ1) is 12.1. The van der Waals surface area contributed by atoms with Gasteiger partial charge in [0.1, 0.15) is 0 Å². The molecule has 0 saturated heterocycles. The van der Waals surface area contributed by atoms with Crippen LogP contribution in [0.15, 0.2) is 36.5 Å². The van der Waals surface area contributed by atoms with Gasteiger partial charge in [-0.25, -0.2) is 9.97 Å². The maximum absolute atomic E-state index is 4.50. The summed E-state index contributed by atoms with van der Waals surface area (Å²) in [5.41, 5.74) is 2.32. The van der Waals surface area contributed by atoms with Crippen molar-refractivity contribution < 1.29 is 0 Å². The highest BCUT2D eigenvalue weighted by Crippen LogP contribution is 2.21. The molecule has 96 valence electrons. The van der Waals surface area contributed by atoms with Gasteiger partial charge in [-0.05, 0) is 31.5 Å². The second-order valence-corrected chi connectivity index (χ2v) is 5.90. The topological polar surface area (TPSA) is 37.8 Å². The number of rotatable bonds is 3. The monoisotopic (exact) mass is 269 g/mol. The number of fused-ring (bicyclic) bond motifs is 1. The average Bonchev–Trinajstić information content (AvgIpc) is 2.75. The summed E-state index contributed by atoms with van der Waals surface area (Å²) >= 11 is 1.82. The van der Waals surface area contributed by atoms with Crippen LogP contribution in [0, 0.1) is 13.8 Å². The predicted molar refractivity (Wildman–Crippen MR) is 80.7 cm³/mol. The van der Waals surface area contributed by atoms with E-state index in [4.69, 9.17) is 0 Å². The quantitative estimate of drug-likeness (QED) is 0.783. The van der Waals surface area contributed by atoms with Gasteiger partial charge in [0.2, 0.25) is 5.95 Å². The first-order valence-corrected chi connectivity index (χ1v) is 7.05. The molecule has 0 spiro atoms. The molecule has 0 unspecified atom stereocenters. The number of nitrogens with one attached hydrogen (secondary N) is 1. The molecule has 1 N–H and O–H groups in total. The molecular weight excluding hydrogens is 254 g/mol. The number of aryl methyl sites for hydroxylation is 2. The lowest BCUT2D eigenvalue weighted by Gasteiger charge is -2.04. The molecule has 2 heterocycles. The van der Waals surface area contributed by atoms with Gasteiger partial charge in [-0.15, -0.1) is 11.3 Å². The Morgan fingerprint density at radius 3 is 2.84 bits per heavy atom. The lowest BCUT2D eigenvalue weighted by atomic mass is 10.2. The Kier molecular flexibility index (Phi) is 3.17. The van der Waals surface area contributed by atoms with E-state index in [-0.39, 0.29) is 0 Å². The van der Waals surface area contributed by atoms with E-state index in [1.165, 1.54) is 15.3 Å².